The Kier molecular flexibility index (Phi) is 7.52. The zero-order chi connectivity index (χ0) is 25.6. The van der Waals surface area contributed by atoms with Gasteiger partial charge >= 0.3 is 0 Å². The molecule has 1 fully saturated rings. The molecule has 5 rings (SSSR count). The Labute approximate surface area is 221 Å². The van der Waals surface area contributed by atoms with Crippen molar-refractivity contribution >= 4 is 17.3 Å². The van der Waals surface area contributed by atoms with Crippen LogP contribution in [0.2, 0.25) is 0 Å². The molecule has 2 heteroatoms. The third kappa shape index (κ3) is 5.68. The van der Waals surface area contributed by atoms with E-state index >= 15 is 0 Å². The molecule has 1 aliphatic rings. The summed E-state index contributed by atoms with van der Waals surface area (Å²) in [5.74, 6) is 0.387. The van der Waals surface area contributed by atoms with Crippen LogP contribution in [0.15, 0.2) is 103 Å². The van der Waals surface area contributed by atoms with E-state index in [9.17, 15) is 5.26 Å². The number of rotatable bonds is 7. The molecule has 2 nitrogen and oxygen atoms in total. The Hall–Kier alpha value is -4.09. The van der Waals surface area contributed by atoms with Crippen molar-refractivity contribution in [3.05, 3.63) is 137 Å². The molecule has 0 aromatic heterocycles. The summed E-state index contributed by atoms with van der Waals surface area (Å²) in [6.07, 6.45) is 5.84. The van der Waals surface area contributed by atoms with Crippen molar-refractivity contribution in [3.8, 4) is 6.07 Å². The smallest absolute Gasteiger partial charge is 0.0700 e. The molecule has 0 spiro atoms. The minimum absolute atomic E-state index is 0.0792. The minimum Gasteiger partial charge on any atom is -0.382 e. The highest BCUT2D eigenvalue weighted by molar-refractivity contribution is 5.91. The fourth-order valence-corrected chi connectivity index (χ4v) is 5.53. The van der Waals surface area contributed by atoms with Crippen molar-refractivity contribution in [2.24, 2.45) is 0 Å². The van der Waals surface area contributed by atoms with E-state index < -0.39 is 0 Å². The SMILES string of the molecule is Cc1ccc(C(C)C#N)cc1C1CCCC1Nc1ccc(C=C(c2ccccc2)c2ccccc2)cc1. The first-order valence-electron chi connectivity index (χ1n) is 13.3. The van der Waals surface area contributed by atoms with Crippen LogP contribution in [-0.2, 0) is 0 Å². The maximum absolute atomic E-state index is 9.40. The second-order valence-corrected chi connectivity index (χ2v) is 10.2. The van der Waals surface area contributed by atoms with Gasteiger partial charge in [0.15, 0.2) is 0 Å². The van der Waals surface area contributed by atoms with Gasteiger partial charge in [0.05, 0.1) is 12.0 Å². The first-order chi connectivity index (χ1) is 18.1. The maximum Gasteiger partial charge on any atom is 0.0700 e. The van der Waals surface area contributed by atoms with Crippen LogP contribution in [0, 0.1) is 18.3 Å². The first-order valence-corrected chi connectivity index (χ1v) is 13.3. The van der Waals surface area contributed by atoms with Gasteiger partial charge in [-0.3, -0.25) is 0 Å². The lowest BCUT2D eigenvalue weighted by Crippen LogP contribution is -2.23. The molecule has 37 heavy (non-hydrogen) atoms. The van der Waals surface area contributed by atoms with Gasteiger partial charge in [0.25, 0.3) is 0 Å². The second kappa shape index (κ2) is 11.3. The Balaban J connectivity index is 1.37. The normalized spacial score (nSPS) is 17.5. The summed E-state index contributed by atoms with van der Waals surface area (Å²) in [6, 6.07) is 39.4. The zero-order valence-electron chi connectivity index (χ0n) is 21.7. The van der Waals surface area contributed by atoms with E-state index in [1.54, 1.807) is 0 Å². The van der Waals surface area contributed by atoms with E-state index in [1.165, 1.54) is 46.2 Å². The van der Waals surface area contributed by atoms with Gasteiger partial charge in [-0.1, -0.05) is 97.4 Å². The number of nitrogens with one attached hydrogen (secondary N) is 1. The predicted octanol–water partition coefficient (Wildman–Crippen LogP) is 8.96. The van der Waals surface area contributed by atoms with Gasteiger partial charge in [0.1, 0.15) is 0 Å². The topological polar surface area (TPSA) is 35.8 Å². The summed E-state index contributed by atoms with van der Waals surface area (Å²) in [7, 11) is 0. The van der Waals surface area contributed by atoms with E-state index in [1.807, 2.05) is 6.92 Å². The molecule has 3 atom stereocenters. The highest BCUT2D eigenvalue weighted by Crippen LogP contribution is 2.39. The average Bonchev–Trinajstić information content (AvgIpc) is 3.41. The number of hydrogen-bond donors (Lipinski definition) is 1. The molecule has 0 bridgehead atoms. The molecule has 1 N–H and O–H groups in total. The number of aryl methyl sites for hydroxylation is 1. The molecule has 0 amide bonds. The summed E-state index contributed by atoms with van der Waals surface area (Å²) in [5.41, 5.74) is 9.84. The average molecular weight is 483 g/mol. The van der Waals surface area contributed by atoms with Gasteiger partial charge in [0, 0.05) is 17.6 Å². The number of benzene rings is 4. The molecule has 1 saturated carbocycles. The van der Waals surface area contributed by atoms with Gasteiger partial charge in [-0.15, -0.1) is 0 Å². The standard InChI is InChI=1S/C35H34N2/c1-25-16-19-30(26(2)24-36)23-33(25)32-14-9-15-35(32)37-31-20-17-27(18-21-31)22-34(28-10-5-3-6-11-28)29-12-7-4-8-13-29/h3-8,10-13,16-23,26,32,35,37H,9,14-15H2,1-2H3. The third-order valence-electron chi connectivity index (χ3n) is 7.66. The van der Waals surface area contributed by atoms with Crippen LogP contribution in [0.4, 0.5) is 5.69 Å². The quantitative estimate of drug-likeness (QED) is 0.267. The monoisotopic (exact) mass is 482 g/mol. The zero-order valence-corrected chi connectivity index (χ0v) is 21.7. The lowest BCUT2D eigenvalue weighted by atomic mass is 9.87. The van der Waals surface area contributed by atoms with Crippen molar-refractivity contribution in [1.29, 1.82) is 5.26 Å². The number of hydrogen-bond acceptors (Lipinski definition) is 2. The van der Waals surface area contributed by atoms with Gasteiger partial charge in [-0.05, 0) is 83.9 Å². The largest absolute Gasteiger partial charge is 0.382 e. The van der Waals surface area contributed by atoms with Crippen LogP contribution in [0.3, 0.4) is 0 Å². The maximum atomic E-state index is 9.40. The van der Waals surface area contributed by atoms with Gasteiger partial charge in [-0.2, -0.15) is 5.26 Å². The van der Waals surface area contributed by atoms with Gasteiger partial charge in [0.2, 0.25) is 0 Å². The molecule has 0 saturated heterocycles. The van der Waals surface area contributed by atoms with Crippen molar-refractivity contribution in [3.63, 3.8) is 0 Å². The highest BCUT2D eigenvalue weighted by atomic mass is 14.9. The fourth-order valence-electron chi connectivity index (χ4n) is 5.53. The van der Waals surface area contributed by atoms with Gasteiger partial charge in [-0.25, -0.2) is 0 Å². The Morgan fingerprint density at radius 1 is 0.865 bits per heavy atom. The molecular formula is C35H34N2. The van der Waals surface area contributed by atoms with Crippen LogP contribution >= 0.6 is 0 Å². The number of nitriles is 1. The molecule has 1 aliphatic carbocycles. The van der Waals surface area contributed by atoms with E-state index in [0.717, 1.165) is 17.7 Å². The van der Waals surface area contributed by atoms with Crippen molar-refractivity contribution in [2.45, 2.75) is 51.0 Å². The number of anilines is 1. The molecule has 3 unspecified atom stereocenters. The molecule has 0 aliphatic heterocycles. The second-order valence-electron chi connectivity index (χ2n) is 10.2. The summed E-state index contributed by atoms with van der Waals surface area (Å²) < 4.78 is 0. The first kappa shape index (κ1) is 24.6. The molecule has 0 heterocycles. The fraction of sp³-hybridized carbons (Fsp3) is 0.229. The minimum atomic E-state index is -0.0792. The lowest BCUT2D eigenvalue weighted by Gasteiger charge is -2.25. The molecule has 0 radical (unpaired) electrons. The summed E-state index contributed by atoms with van der Waals surface area (Å²) in [5, 5.41) is 13.2. The molecular weight excluding hydrogens is 448 g/mol. The van der Waals surface area contributed by atoms with Gasteiger partial charge < -0.3 is 5.32 Å². The Bertz CT molecular complexity index is 1350. The summed E-state index contributed by atoms with van der Waals surface area (Å²) >= 11 is 0. The van der Waals surface area contributed by atoms with Crippen LogP contribution in [0.25, 0.3) is 11.6 Å². The van der Waals surface area contributed by atoms with E-state index in [4.69, 9.17) is 0 Å². The van der Waals surface area contributed by atoms with Crippen molar-refractivity contribution < 1.29 is 0 Å². The van der Waals surface area contributed by atoms with Crippen LogP contribution < -0.4 is 5.32 Å². The molecule has 4 aromatic carbocycles. The van der Waals surface area contributed by atoms with E-state index in [0.29, 0.717) is 12.0 Å². The third-order valence-corrected chi connectivity index (χ3v) is 7.66. The van der Waals surface area contributed by atoms with Crippen molar-refractivity contribution in [1.82, 2.24) is 0 Å². The van der Waals surface area contributed by atoms with Crippen molar-refractivity contribution in [2.75, 3.05) is 5.32 Å². The van der Waals surface area contributed by atoms with Crippen LogP contribution in [0.1, 0.15) is 71.4 Å². The van der Waals surface area contributed by atoms with E-state index in [2.05, 4.69) is 128 Å². The number of nitrogens with zero attached hydrogens (tertiary/aromatic N) is 1. The summed E-state index contributed by atoms with van der Waals surface area (Å²) in [4.78, 5) is 0. The Morgan fingerprint density at radius 2 is 1.51 bits per heavy atom. The van der Waals surface area contributed by atoms with Crippen LogP contribution in [-0.4, -0.2) is 6.04 Å². The van der Waals surface area contributed by atoms with Crippen LogP contribution in [0.5, 0.6) is 0 Å². The highest BCUT2D eigenvalue weighted by Gasteiger charge is 2.30. The summed E-state index contributed by atoms with van der Waals surface area (Å²) in [6.45, 7) is 4.18. The molecule has 184 valence electrons. The Morgan fingerprint density at radius 3 is 2.14 bits per heavy atom. The van der Waals surface area contributed by atoms with E-state index in [-0.39, 0.29) is 5.92 Å². The lowest BCUT2D eigenvalue weighted by molar-refractivity contribution is 0.645. The molecule has 4 aromatic rings. The predicted molar refractivity (Wildman–Crippen MR) is 156 cm³/mol.